The number of likely N-dealkylation sites (tertiary alicyclic amines) is 1. The third-order valence-electron chi connectivity index (χ3n) is 6.07. The molecule has 0 radical (unpaired) electrons. The lowest BCUT2D eigenvalue weighted by atomic mass is 10.2. The van der Waals surface area contributed by atoms with E-state index in [1.54, 1.807) is 18.4 Å². The number of para-hydroxylation sites is 1. The number of carbonyl (C=O) groups is 1. The van der Waals surface area contributed by atoms with Crippen LogP contribution < -0.4 is 10.9 Å². The van der Waals surface area contributed by atoms with Crippen molar-refractivity contribution in [3.05, 3.63) is 71.4 Å². The fourth-order valence-corrected chi connectivity index (χ4v) is 5.23. The third-order valence-corrected chi connectivity index (χ3v) is 7.00. The summed E-state index contributed by atoms with van der Waals surface area (Å²) in [7, 11) is 0. The van der Waals surface area contributed by atoms with Crippen LogP contribution in [0.1, 0.15) is 24.6 Å². The first-order valence-electron chi connectivity index (χ1n) is 11.3. The Hall–Kier alpha value is -3.37. The molecule has 4 heterocycles. The number of aromatic nitrogens is 4. The predicted molar refractivity (Wildman–Crippen MR) is 131 cm³/mol. The zero-order valence-corrected chi connectivity index (χ0v) is 19.5. The molecule has 5 rings (SSSR count). The SMILES string of the molecule is C=CCn1c(=O)c2ccccc2n2c(SCC(=O)NCC(c3ccco3)N3CCCC3)nnc12. The molecule has 1 unspecified atom stereocenters. The normalized spacial score (nSPS) is 15.2. The maximum Gasteiger partial charge on any atom is 0.263 e. The van der Waals surface area contributed by atoms with Crippen LogP contribution in [0.15, 0.2) is 69.7 Å². The number of fused-ring (bicyclic) bond motifs is 3. The van der Waals surface area contributed by atoms with Crippen LogP contribution in [0.4, 0.5) is 0 Å². The summed E-state index contributed by atoms with van der Waals surface area (Å²) < 4.78 is 9.00. The van der Waals surface area contributed by atoms with Crippen molar-refractivity contribution in [2.45, 2.75) is 30.6 Å². The van der Waals surface area contributed by atoms with Crippen LogP contribution in [0.5, 0.6) is 0 Å². The summed E-state index contributed by atoms with van der Waals surface area (Å²) in [5.74, 6) is 1.38. The van der Waals surface area contributed by atoms with E-state index in [1.807, 2.05) is 34.7 Å². The highest BCUT2D eigenvalue weighted by Gasteiger charge is 2.26. The number of amides is 1. The largest absolute Gasteiger partial charge is 0.468 e. The summed E-state index contributed by atoms with van der Waals surface area (Å²) >= 11 is 1.29. The lowest BCUT2D eigenvalue weighted by Gasteiger charge is -2.25. The Morgan fingerprint density at radius 2 is 2.03 bits per heavy atom. The van der Waals surface area contributed by atoms with Gasteiger partial charge in [0.2, 0.25) is 11.7 Å². The van der Waals surface area contributed by atoms with Crippen molar-refractivity contribution < 1.29 is 9.21 Å². The number of thioether (sulfide) groups is 1. The zero-order valence-electron chi connectivity index (χ0n) is 18.7. The molecule has 10 heteroatoms. The van der Waals surface area contributed by atoms with Crippen LogP contribution in [-0.4, -0.2) is 55.4 Å². The van der Waals surface area contributed by atoms with Crippen LogP contribution >= 0.6 is 11.8 Å². The number of nitrogens with zero attached hydrogens (tertiary/aromatic N) is 5. The Bertz CT molecular complexity index is 1370. The second-order valence-electron chi connectivity index (χ2n) is 8.21. The number of hydrogen-bond acceptors (Lipinski definition) is 7. The van der Waals surface area contributed by atoms with Gasteiger partial charge in [0.15, 0.2) is 5.16 Å². The van der Waals surface area contributed by atoms with Crippen LogP contribution in [0.3, 0.4) is 0 Å². The molecule has 1 N–H and O–H groups in total. The van der Waals surface area contributed by atoms with Gasteiger partial charge in [-0.3, -0.25) is 23.5 Å². The Morgan fingerprint density at radius 1 is 1.21 bits per heavy atom. The van der Waals surface area contributed by atoms with Crippen molar-refractivity contribution in [2.75, 3.05) is 25.4 Å². The summed E-state index contributed by atoms with van der Waals surface area (Å²) in [6, 6.07) is 11.2. The lowest BCUT2D eigenvalue weighted by molar-refractivity contribution is -0.118. The number of allylic oxidation sites excluding steroid dienone is 1. The lowest BCUT2D eigenvalue weighted by Crippen LogP contribution is -2.37. The summed E-state index contributed by atoms with van der Waals surface area (Å²) in [5.41, 5.74) is 0.568. The average Bonchev–Trinajstić information content (AvgIpc) is 3.63. The molecular formula is C24H26N6O3S. The van der Waals surface area contributed by atoms with Crippen LogP contribution in [0, 0.1) is 0 Å². The van der Waals surface area contributed by atoms with Crippen molar-refractivity contribution in [2.24, 2.45) is 0 Å². The third kappa shape index (κ3) is 4.26. The minimum absolute atomic E-state index is 0.0256. The number of hydrogen-bond donors (Lipinski definition) is 1. The first-order valence-corrected chi connectivity index (χ1v) is 12.3. The Kier molecular flexibility index (Phi) is 6.50. The van der Waals surface area contributed by atoms with Gasteiger partial charge < -0.3 is 9.73 Å². The first kappa shape index (κ1) is 22.4. The Morgan fingerprint density at radius 3 is 2.79 bits per heavy atom. The van der Waals surface area contributed by atoms with E-state index >= 15 is 0 Å². The predicted octanol–water partition coefficient (Wildman–Crippen LogP) is 2.87. The van der Waals surface area contributed by atoms with E-state index in [-0.39, 0.29) is 23.3 Å². The van der Waals surface area contributed by atoms with Crippen molar-refractivity contribution in [1.29, 1.82) is 0 Å². The molecule has 0 bridgehead atoms. The van der Waals surface area contributed by atoms with Gasteiger partial charge in [-0.05, 0) is 50.2 Å². The maximum absolute atomic E-state index is 12.9. The molecule has 1 aromatic carbocycles. The van der Waals surface area contributed by atoms with Gasteiger partial charge in [-0.25, -0.2) is 0 Å². The van der Waals surface area contributed by atoms with Gasteiger partial charge in [0, 0.05) is 13.1 Å². The van der Waals surface area contributed by atoms with E-state index in [9.17, 15) is 9.59 Å². The van der Waals surface area contributed by atoms with Gasteiger partial charge in [-0.1, -0.05) is 30.0 Å². The summed E-state index contributed by atoms with van der Waals surface area (Å²) in [4.78, 5) is 28.0. The molecule has 0 spiro atoms. The van der Waals surface area contributed by atoms with Crippen LogP contribution in [0.2, 0.25) is 0 Å². The molecule has 1 saturated heterocycles. The average molecular weight is 479 g/mol. The zero-order chi connectivity index (χ0) is 23.5. The molecule has 176 valence electrons. The van der Waals surface area contributed by atoms with E-state index in [0.717, 1.165) is 31.7 Å². The molecule has 1 amide bonds. The Labute approximate surface area is 200 Å². The number of rotatable bonds is 9. The number of furan rings is 1. The first-order chi connectivity index (χ1) is 16.7. The van der Waals surface area contributed by atoms with Gasteiger partial charge >= 0.3 is 0 Å². The van der Waals surface area contributed by atoms with Crippen LogP contribution in [-0.2, 0) is 11.3 Å². The standard InChI is InChI=1S/C24H26N6O3S/c1-2-11-29-22(32)17-8-3-4-9-18(17)30-23(29)26-27-24(30)34-16-21(31)25-15-19(20-10-7-14-33-20)28-12-5-6-13-28/h2-4,7-10,14,19H,1,5-6,11-13,15-16H2,(H,25,31). The highest BCUT2D eigenvalue weighted by Crippen LogP contribution is 2.25. The van der Waals surface area contributed by atoms with Crippen LogP contribution in [0.25, 0.3) is 16.7 Å². The highest BCUT2D eigenvalue weighted by molar-refractivity contribution is 7.99. The molecule has 1 atom stereocenters. The van der Waals surface area contributed by atoms with E-state index in [4.69, 9.17) is 4.42 Å². The fraction of sp³-hybridized carbons (Fsp3) is 0.333. The molecule has 0 aliphatic carbocycles. The molecule has 3 aromatic heterocycles. The minimum atomic E-state index is -0.143. The molecule has 1 aliphatic rings. The quantitative estimate of drug-likeness (QED) is 0.292. The van der Waals surface area contributed by atoms with E-state index < -0.39 is 0 Å². The molecule has 0 saturated carbocycles. The van der Waals surface area contributed by atoms with Gasteiger partial charge in [0.1, 0.15) is 5.76 Å². The monoisotopic (exact) mass is 478 g/mol. The molecule has 9 nitrogen and oxygen atoms in total. The van der Waals surface area contributed by atoms with E-state index in [2.05, 4.69) is 27.0 Å². The summed E-state index contributed by atoms with van der Waals surface area (Å²) in [5, 5.41) is 12.7. The van der Waals surface area contributed by atoms with Gasteiger partial charge in [-0.2, -0.15) is 0 Å². The van der Waals surface area contributed by atoms with Crippen molar-refractivity contribution in [3.8, 4) is 0 Å². The molecule has 1 aliphatic heterocycles. The summed E-state index contributed by atoms with van der Waals surface area (Å²) in [6.07, 6.45) is 5.64. The van der Waals surface area contributed by atoms with Crippen molar-refractivity contribution >= 4 is 34.3 Å². The molecular weight excluding hydrogens is 452 g/mol. The highest BCUT2D eigenvalue weighted by atomic mass is 32.2. The van der Waals surface area contributed by atoms with Crippen molar-refractivity contribution in [1.82, 2.24) is 29.4 Å². The topological polar surface area (TPSA) is 97.7 Å². The fourth-order valence-electron chi connectivity index (χ4n) is 4.46. The van der Waals surface area contributed by atoms with Crippen molar-refractivity contribution in [3.63, 3.8) is 0 Å². The second-order valence-corrected chi connectivity index (χ2v) is 9.15. The molecule has 1 fully saturated rings. The minimum Gasteiger partial charge on any atom is -0.468 e. The van der Waals surface area contributed by atoms with Gasteiger partial charge in [-0.15, -0.1) is 16.8 Å². The maximum atomic E-state index is 12.9. The van der Waals surface area contributed by atoms with E-state index in [1.165, 1.54) is 16.3 Å². The van der Waals surface area contributed by atoms with Gasteiger partial charge in [0.25, 0.3) is 5.56 Å². The molecule has 34 heavy (non-hydrogen) atoms. The molecule has 4 aromatic rings. The smallest absolute Gasteiger partial charge is 0.263 e. The summed E-state index contributed by atoms with van der Waals surface area (Å²) in [6.45, 7) is 6.55. The van der Waals surface area contributed by atoms with E-state index in [0.29, 0.717) is 34.9 Å². The van der Waals surface area contributed by atoms with Gasteiger partial charge in [0.05, 0.1) is 29.0 Å². The number of nitrogens with one attached hydrogen (secondary N) is 1. The number of benzene rings is 1. The Balaban J connectivity index is 1.33. The second kappa shape index (κ2) is 9.86. The number of carbonyl (C=O) groups excluding carboxylic acids is 1.